The van der Waals surface area contributed by atoms with Crippen LogP contribution in [0.5, 0.6) is 11.5 Å². The maximum Gasteiger partial charge on any atom is 0.573 e. The Kier molecular flexibility index (Phi) is 8.40. The molecule has 2 aromatic carbocycles. The van der Waals surface area contributed by atoms with Gasteiger partial charge in [0.2, 0.25) is 0 Å². The summed E-state index contributed by atoms with van der Waals surface area (Å²) in [6, 6.07) is 10.4. The van der Waals surface area contributed by atoms with Crippen LogP contribution in [0.1, 0.15) is 54.1 Å². The fraction of sp³-hybridized carbons (Fsp3) is 0.367. The highest BCUT2D eigenvalue weighted by molar-refractivity contribution is 6.06. The van der Waals surface area contributed by atoms with Crippen molar-refractivity contribution in [2.45, 2.75) is 52.7 Å². The second-order valence-electron chi connectivity index (χ2n) is 10.9. The highest BCUT2D eigenvalue weighted by Crippen LogP contribution is 2.42. The van der Waals surface area contributed by atoms with E-state index < -0.39 is 35.7 Å². The largest absolute Gasteiger partial charge is 0.573 e. The SMILES string of the molecule is Cc1nc(NC(=O)c2ccccc2OC(F)(F)F)c(C)c(-c2ccc3c(c2)N(C)CCO3)c1[C@H](OC(C)(C)C)C(=O)O. The molecule has 0 spiro atoms. The maximum absolute atomic E-state index is 13.2. The molecular formula is C30H32F3N3O6. The highest BCUT2D eigenvalue weighted by atomic mass is 19.4. The molecule has 3 aromatic rings. The summed E-state index contributed by atoms with van der Waals surface area (Å²) in [6.07, 6.45) is -6.42. The quantitative estimate of drug-likeness (QED) is 0.332. The summed E-state index contributed by atoms with van der Waals surface area (Å²) in [5.41, 5.74) is 1.59. The zero-order valence-corrected chi connectivity index (χ0v) is 24.0. The van der Waals surface area contributed by atoms with Crippen molar-refractivity contribution in [1.29, 1.82) is 0 Å². The number of nitrogens with one attached hydrogen (secondary N) is 1. The number of carboxylic acids is 1. The molecule has 224 valence electrons. The molecule has 0 radical (unpaired) electrons. The van der Waals surface area contributed by atoms with Gasteiger partial charge in [0.25, 0.3) is 5.91 Å². The van der Waals surface area contributed by atoms with E-state index in [0.29, 0.717) is 35.6 Å². The second-order valence-corrected chi connectivity index (χ2v) is 10.9. The Hall–Kier alpha value is -4.32. The van der Waals surface area contributed by atoms with E-state index in [1.165, 1.54) is 18.2 Å². The second kappa shape index (κ2) is 11.5. The lowest BCUT2D eigenvalue weighted by Gasteiger charge is -2.30. The number of benzene rings is 2. The summed E-state index contributed by atoms with van der Waals surface area (Å²) in [5, 5.41) is 12.8. The van der Waals surface area contributed by atoms with Gasteiger partial charge < -0.3 is 29.5 Å². The third-order valence-electron chi connectivity index (χ3n) is 6.56. The van der Waals surface area contributed by atoms with Gasteiger partial charge in [-0.25, -0.2) is 9.78 Å². The molecule has 1 atom stereocenters. The number of aromatic nitrogens is 1. The molecule has 0 saturated heterocycles. The summed E-state index contributed by atoms with van der Waals surface area (Å²) in [4.78, 5) is 32.3. The Labute approximate surface area is 241 Å². The number of amides is 1. The number of anilines is 2. The molecule has 0 saturated carbocycles. The molecule has 4 rings (SSSR count). The maximum atomic E-state index is 13.2. The molecule has 0 unspecified atom stereocenters. The van der Waals surface area contributed by atoms with Crippen LogP contribution in [0.2, 0.25) is 0 Å². The minimum atomic E-state index is -5.00. The number of alkyl halides is 3. The van der Waals surface area contributed by atoms with Gasteiger partial charge in [0.05, 0.1) is 23.4 Å². The van der Waals surface area contributed by atoms with Gasteiger partial charge in [-0.2, -0.15) is 0 Å². The number of halogens is 3. The van der Waals surface area contributed by atoms with E-state index in [-0.39, 0.29) is 22.6 Å². The zero-order valence-electron chi connectivity index (χ0n) is 24.0. The predicted molar refractivity (Wildman–Crippen MR) is 150 cm³/mol. The Morgan fingerprint density at radius 3 is 2.45 bits per heavy atom. The van der Waals surface area contributed by atoms with Crippen molar-refractivity contribution in [2.75, 3.05) is 30.4 Å². The number of likely N-dealkylation sites (N-methyl/N-ethyl adjacent to an activating group) is 1. The molecule has 0 fully saturated rings. The van der Waals surface area contributed by atoms with Crippen LogP contribution in [0.25, 0.3) is 11.1 Å². The van der Waals surface area contributed by atoms with Crippen molar-refractivity contribution in [2.24, 2.45) is 0 Å². The fourth-order valence-corrected chi connectivity index (χ4v) is 4.76. The van der Waals surface area contributed by atoms with Crippen LogP contribution in [-0.4, -0.2) is 54.1 Å². The fourth-order valence-electron chi connectivity index (χ4n) is 4.76. The molecule has 1 aliphatic heterocycles. The normalized spacial score (nSPS) is 14.1. The number of aryl methyl sites for hydroxylation is 1. The van der Waals surface area contributed by atoms with E-state index in [4.69, 9.17) is 9.47 Å². The Bertz CT molecular complexity index is 1520. The van der Waals surface area contributed by atoms with E-state index in [1.54, 1.807) is 46.8 Å². The number of aliphatic carboxylic acids is 1. The van der Waals surface area contributed by atoms with Gasteiger partial charge in [0.15, 0.2) is 6.10 Å². The summed E-state index contributed by atoms with van der Waals surface area (Å²) in [7, 11) is 1.91. The molecule has 0 aliphatic carbocycles. The minimum absolute atomic E-state index is 0.0419. The van der Waals surface area contributed by atoms with Crippen molar-refractivity contribution in [3.05, 3.63) is 64.8 Å². The number of pyridine rings is 1. The Morgan fingerprint density at radius 2 is 1.81 bits per heavy atom. The first kappa shape index (κ1) is 30.6. The highest BCUT2D eigenvalue weighted by Gasteiger charge is 2.35. The number of ether oxygens (including phenoxy) is 3. The molecule has 1 amide bonds. The Balaban J connectivity index is 1.89. The number of fused-ring (bicyclic) bond motifs is 1. The number of carbonyl (C=O) groups is 2. The third-order valence-corrected chi connectivity index (χ3v) is 6.56. The third kappa shape index (κ3) is 6.76. The number of carbonyl (C=O) groups excluding carboxylic acids is 1. The average molecular weight is 588 g/mol. The molecular weight excluding hydrogens is 555 g/mol. The van der Waals surface area contributed by atoms with Gasteiger partial charge in [-0.1, -0.05) is 18.2 Å². The van der Waals surface area contributed by atoms with Crippen LogP contribution in [-0.2, 0) is 9.53 Å². The molecule has 42 heavy (non-hydrogen) atoms. The number of carboxylic acid groups (broad SMARTS) is 1. The van der Waals surface area contributed by atoms with Crippen LogP contribution in [0.4, 0.5) is 24.7 Å². The minimum Gasteiger partial charge on any atom is -0.490 e. The zero-order chi connectivity index (χ0) is 31.0. The van der Waals surface area contributed by atoms with Gasteiger partial charge in [0, 0.05) is 23.9 Å². The van der Waals surface area contributed by atoms with Crippen LogP contribution in [0.3, 0.4) is 0 Å². The van der Waals surface area contributed by atoms with Crippen LogP contribution >= 0.6 is 0 Å². The van der Waals surface area contributed by atoms with Crippen LogP contribution in [0, 0.1) is 13.8 Å². The Morgan fingerprint density at radius 1 is 1.12 bits per heavy atom. The first-order chi connectivity index (χ1) is 19.6. The predicted octanol–water partition coefficient (Wildman–Crippen LogP) is 6.29. The molecule has 9 nitrogen and oxygen atoms in total. The number of hydrogen-bond acceptors (Lipinski definition) is 7. The van der Waals surface area contributed by atoms with Crippen LogP contribution in [0.15, 0.2) is 42.5 Å². The lowest BCUT2D eigenvalue weighted by Crippen LogP contribution is -2.29. The molecule has 0 bridgehead atoms. The van der Waals surface area contributed by atoms with Crippen molar-refractivity contribution in [1.82, 2.24) is 4.98 Å². The van der Waals surface area contributed by atoms with Gasteiger partial charge in [-0.15, -0.1) is 13.2 Å². The molecule has 12 heteroatoms. The van der Waals surface area contributed by atoms with Crippen molar-refractivity contribution in [3.8, 4) is 22.6 Å². The molecule has 2 N–H and O–H groups in total. The number of para-hydroxylation sites is 1. The van der Waals surface area contributed by atoms with Crippen LogP contribution < -0.4 is 19.7 Å². The van der Waals surface area contributed by atoms with Gasteiger partial charge >= 0.3 is 12.3 Å². The van der Waals surface area contributed by atoms with E-state index in [1.807, 2.05) is 18.0 Å². The smallest absolute Gasteiger partial charge is 0.490 e. The molecule has 2 heterocycles. The summed E-state index contributed by atoms with van der Waals surface area (Å²) in [5.74, 6) is -2.09. The number of rotatable bonds is 7. The first-order valence-electron chi connectivity index (χ1n) is 13.1. The van der Waals surface area contributed by atoms with Crippen molar-refractivity contribution < 1.29 is 42.1 Å². The standard InChI is InChI=1S/C30H32F3N3O6/c1-16-23(18-11-12-22-20(15-18)36(6)13-14-40-22)24(25(28(38)39)42-29(3,4)5)17(2)34-26(16)35-27(37)19-9-7-8-10-21(19)41-30(31,32)33/h7-12,15,25H,13-14H2,1-6H3,(H,38,39)(H,34,35,37)/t25-/m0/s1. The summed E-state index contributed by atoms with van der Waals surface area (Å²) < 4.78 is 54.7. The monoisotopic (exact) mass is 587 g/mol. The summed E-state index contributed by atoms with van der Waals surface area (Å²) >= 11 is 0. The average Bonchev–Trinajstić information content (AvgIpc) is 2.88. The van der Waals surface area contributed by atoms with E-state index in [0.717, 1.165) is 11.8 Å². The van der Waals surface area contributed by atoms with E-state index in [2.05, 4.69) is 15.0 Å². The molecule has 1 aromatic heterocycles. The lowest BCUT2D eigenvalue weighted by atomic mass is 9.90. The topological polar surface area (TPSA) is 110 Å². The number of nitrogens with zero attached hydrogens (tertiary/aromatic N) is 2. The lowest BCUT2D eigenvalue weighted by molar-refractivity contribution is -0.274. The van der Waals surface area contributed by atoms with Gasteiger partial charge in [-0.05, 0) is 70.0 Å². The van der Waals surface area contributed by atoms with Gasteiger partial charge in [0.1, 0.15) is 23.9 Å². The van der Waals surface area contributed by atoms with Gasteiger partial charge in [-0.3, -0.25) is 4.79 Å². The summed E-state index contributed by atoms with van der Waals surface area (Å²) in [6.45, 7) is 9.59. The number of hydrogen-bond donors (Lipinski definition) is 2. The van der Waals surface area contributed by atoms with Crippen molar-refractivity contribution in [3.63, 3.8) is 0 Å². The first-order valence-corrected chi connectivity index (χ1v) is 13.1. The molecule has 1 aliphatic rings. The van der Waals surface area contributed by atoms with E-state index in [9.17, 15) is 27.9 Å². The van der Waals surface area contributed by atoms with Crippen molar-refractivity contribution >= 4 is 23.4 Å². The van der Waals surface area contributed by atoms with E-state index >= 15 is 0 Å².